The standard InChI is InChI=1S/C28H31NO6/c1-4-21-11-9-10-20(3)27(21)29-26(30)19-35-28(31)22-14-15-24(25(18-22)32-5-2)34-17-16-33-23-12-7-6-8-13-23/h6-15,18H,4-5,16-17,19H2,1-3H3,(H,29,30). The van der Waals surface area contributed by atoms with Gasteiger partial charge in [0, 0.05) is 5.69 Å². The zero-order valence-electron chi connectivity index (χ0n) is 20.3. The van der Waals surface area contributed by atoms with E-state index >= 15 is 0 Å². The zero-order chi connectivity index (χ0) is 25.0. The van der Waals surface area contributed by atoms with Crippen LogP contribution < -0.4 is 19.5 Å². The number of ether oxygens (including phenoxy) is 4. The predicted octanol–water partition coefficient (Wildman–Crippen LogP) is 5.21. The Morgan fingerprint density at radius 1 is 0.829 bits per heavy atom. The van der Waals surface area contributed by atoms with Crippen LogP contribution in [0.15, 0.2) is 66.7 Å². The predicted molar refractivity (Wildman–Crippen MR) is 135 cm³/mol. The van der Waals surface area contributed by atoms with E-state index in [-0.39, 0.29) is 5.56 Å². The van der Waals surface area contributed by atoms with Gasteiger partial charge in [-0.15, -0.1) is 0 Å². The fourth-order valence-corrected chi connectivity index (χ4v) is 3.44. The Bertz CT molecular complexity index is 1130. The highest BCUT2D eigenvalue weighted by Crippen LogP contribution is 2.29. The number of para-hydroxylation sites is 2. The minimum atomic E-state index is -0.624. The zero-order valence-corrected chi connectivity index (χ0v) is 20.3. The SMILES string of the molecule is CCOc1cc(C(=O)OCC(=O)Nc2c(C)cccc2CC)ccc1OCCOc1ccccc1. The van der Waals surface area contributed by atoms with Crippen LogP contribution in [0, 0.1) is 6.92 Å². The maximum atomic E-state index is 12.6. The number of carbonyl (C=O) groups excluding carboxylic acids is 2. The summed E-state index contributed by atoms with van der Waals surface area (Å²) in [6.45, 7) is 6.45. The van der Waals surface area contributed by atoms with Gasteiger partial charge in [-0.3, -0.25) is 4.79 Å². The van der Waals surface area contributed by atoms with Gasteiger partial charge in [0.1, 0.15) is 19.0 Å². The number of esters is 1. The first-order chi connectivity index (χ1) is 17.0. The summed E-state index contributed by atoms with van der Waals surface area (Å²) < 4.78 is 22.3. The van der Waals surface area contributed by atoms with E-state index in [1.165, 1.54) is 0 Å². The molecule has 7 heteroatoms. The average Bonchev–Trinajstić information content (AvgIpc) is 2.87. The molecule has 0 aliphatic carbocycles. The number of amides is 1. The molecule has 3 aromatic rings. The van der Waals surface area contributed by atoms with E-state index in [1.807, 2.05) is 69.3 Å². The van der Waals surface area contributed by atoms with Crippen LogP contribution in [-0.2, 0) is 16.0 Å². The van der Waals surface area contributed by atoms with Crippen LogP contribution in [-0.4, -0.2) is 38.3 Å². The van der Waals surface area contributed by atoms with Crippen LogP contribution in [0.5, 0.6) is 17.2 Å². The number of aryl methyl sites for hydroxylation is 2. The van der Waals surface area contributed by atoms with E-state index in [1.54, 1.807) is 18.2 Å². The molecule has 0 aliphatic rings. The highest BCUT2D eigenvalue weighted by molar-refractivity contribution is 5.96. The Labute approximate surface area is 206 Å². The van der Waals surface area contributed by atoms with E-state index < -0.39 is 18.5 Å². The lowest BCUT2D eigenvalue weighted by molar-refractivity contribution is -0.119. The Balaban J connectivity index is 1.55. The van der Waals surface area contributed by atoms with Gasteiger partial charge < -0.3 is 24.3 Å². The molecular weight excluding hydrogens is 446 g/mol. The molecule has 0 spiro atoms. The molecule has 0 atom stereocenters. The molecule has 184 valence electrons. The molecule has 0 unspecified atom stereocenters. The first-order valence-corrected chi connectivity index (χ1v) is 11.6. The highest BCUT2D eigenvalue weighted by Gasteiger charge is 2.15. The molecule has 3 rings (SSSR count). The number of hydrogen-bond donors (Lipinski definition) is 1. The summed E-state index contributed by atoms with van der Waals surface area (Å²) in [4.78, 5) is 25.0. The highest BCUT2D eigenvalue weighted by atomic mass is 16.5. The molecule has 0 fully saturated rings. The third-order valence-electron chi connectivity index (χ3n) is 5.17. The summed E-state index contributed by atoms with van der Waals surface area (Å²) in [6.07, 6.45) is 0.782. The summed E-state index contributed by atoms with van der Waals surface area (Å²) in [7, 11) is 0. The Morgan fingerprint density at radius 3 is 2.34 bits per heavy atom. The molecule has 0 bridgehead atoms. The minimum absolute atomic E-state index is 0.263. The van der Waals surface area contributed by atoms with Crippen LogP contribution in [0.4, 0.5) is 5.69 Å². The molecule has 0 saturated carbocycles. The van der Waals surface area contributed by atoms with Crippen molar-refractivity contribution in [3.05, 3.63) is 83.4 Å². The summed E-state index contributed by atoms with van der Waals surface area (Å²) in [5.74, 6) is 0.644. The van der Waals surface area contributed by atoms with Crippen LogP contribution in [0.25, 0.3) is 0 Å². The van der Waals surface area contributed by atoms with Gasteiger partial charge in [0.25, 0.3) is 5.91 Å². The minimum Gasteiger partial charge on any atom is -0.490 e. The van der Waals surface area contributed by atoms with Crippen molar-refractivity contribution >= 4 is 17.6 Å². The van der Waals surface area contributed by atoms with Gasteiger partial charge in [-0.25, -0.2) is 4.79 Å². The monoisotopic (exact) mass is 477 g/mol. The molecule has 3 aromatic carbocycles. The van der Waals surface area contributed by atoms with Crippen molar-refractivity contribution in [1.29, 1.82) is 0 Å². The maximum Gasteiger partial charge on any atom is 0.338 e. The summed E-state index contributed by atoms with van der Waals surface area (Å²) in [5, 5.41) is 2.85. The molecule has 7 nitrogen and oxygen atoms in total. The van der Waals surface area contributed by atoms with Gasteiger partial charge in [0.15, 0.2) is 18.1 Å². The first-order valence-electron chi connectivity index (χ1n) is 11.6. The van der Waals surface area contributed by atoms with Gasteiger partial charge in [0.05, 0.1) is 12.2 Å². The molecule has 0 aliphatic heterocycles. The smallest absolute Gasteiger partial charge is 0.338 e. The van der Waals surface area contributed by atoms with E-state index in [0.717, 1.165) is 29.0 Å². The van der Waals surface area contributed by atoms with Crippen molar-refractivity contribution in [2.45, 2.75) is 27.2 Å². The Morgan fingerprint density at radius 2 is 1.60 bits per heavy atom. The van der Waals surface area contributed by atoms with Crippen molar-refractivity contribution < 1.29 is 28.5 Å². The Hall–Kier alpha value is -4.00. The van der Waals surface area contributed by atoms with Gasteiger partial charge in [-0.1, -0.05) is 43.3 Å². The van der Waals surface area contributed by atoms with Crippen molar-refractivity contribution in [2.24, 2.45) is 0 Å². The van der Waals surface area contributed by atoms with E-state index in [0.29, 0.717) is 31.3 Å². The number of carbonyl (C=O) groups is 2. The lowest BCUT2D eigenvalue weighted by Crippen LogP contribution is -2.22. The second-order valence-electron chi connectivity index (χ2n) is 7.69. The fourth-order valence-electron chi connectivity index (χ4n) is 3.44. The number of anilines is 1. The van der Waals surface area contributed by atoms with Gasteiger partial charge in [-0.2, -0.15) is 0 Å². The lowest BCUT2D eigenvalue weighted by atomic mass is 10.1. The molecule has 0 radical (unpaired) electrons. The largest absolute Gasteiger partial charge is 0.490 e. The Kier molecular flexibility index (Phi) is 9.54. The van der Waals surface area contributed by atoms with Crippen LogP contribution >= 0.6 is 0 Å². The summed E-state index contributed by atoms with van der Waals surface area (Å²) >= 11 is 0. The second kappa shape index (κ2) is 13.0. The quantitative estimate of drug-likeness (QED) is 0.285. The number of hydrogen-bond acceptors (Lipinski definition) is 6. The summed E-state index contributed by atoms with van der Waals surface area (Å²) in [6, 6.07) is 20.1. The normalized spacial score (nSPS) is 10.4. The number of benzene rings is 3. The second-order valence-corrected chi connectivity index (χ2v) is 7.69. The van der Waals surface area contributed by atoms with Gasteiger partial charge >= 0.3 is 5.97 Å². The van der Waals surface area contributed by atoms with Crippen molar-refractivity contribution in [3.63, 3.8) is 0 Å². The third kappa shape index (κ3) is 7.50. The lowest BCUT2D eigenvalue weighted by Gasteiger charge is -2.14. The van der Waals surface area contributed by atoms with E-state index in [4.69, 9.17) is 18.9 Å². The van der Waals surface area contributed by atoms with Crippen LogP contribution in [0.3, 0.4) is 0 Å². The molecule has 0 heterocycles. The molecule has 1 N–H and O–H groups in total. The van der Waals surface area contributed by atoms with Gasteiger partial charge in [0.2, 0.25) is 0 Å². The van der Waals surface area contributed by atoms with Crippen LogP contribution in [0.1, 0.15) is 35.3 Å². The maximum absolute atomic E-state index is 12.6. The molecular formula is C28H31NO6. The number of rotatable bonds is 12. The number of nitrogens with one attached hydrogen (secondary N) is 1. The van der Waals surface area contributed by atoms with E-state index in [2.05, 4.69) is 5.32 Å². The van der Waals surface area contributed by atoms with Crippen molar-refractivity contribution in [3.8, 4) is 17.2 Å². The molecule has 0 saturated heterocycles. The first kappa shape index (κ1) is 25.6. The average molecular weight is 478 g/mol. The summed E-state index contributed by atoms with van der Waals surface area (Å²) in [5.41, 5.74) is 3.00. The van der Waals surface area contributed by atoms with Crippen molar-refractivity contribution in [1.82, 2.24) is 0 Å². The molecule has 0 aromatic heterocycles. The third-order valence-corrected chi connectivity index (χ3v) is 5.17. The topological polar surface area (TPSA) is 83.1 Å². The van der Waals surface area contributed by atoms with E-state index in [9.17, 15) is 9.59 Å². The van der Waals surface area contributed by atoms with Crippen LogP contribution in [0.2, 0.25) is 0 Å². The fraction of sp³-hybridized carbons (Fsp3) is 0.286. The van der Waals surface area contributed by atoms with Crippen molar-refractivity contribution in [2.75, 3.05) is 31.7 Å². The molecule has 1 amide bonds. The molecule has 35 heavy (non-hydrogen) atoms. The van der Waals surface area contributed by atoms with Gasteiger partial charge in [-0.05, 0) is 61.7 Å².